The van der Waals surface area contributed by atoms with Crippen molar-refractivity contribution < 1.29 is 49.3 Å². The van der Waals surface area contributed by atoms with E-state index in [9.17, 15) is 35.1 Å². The average molecular weight is 1050 g/mol. The van der Waals surface area contributed by atoms with Gasteiger partial charge in [-0.3, -0.25) is 9.59 Å². The van der Waals surface area contributed by atoms with Crippen LogP contribution < -0.4 is 5.32 Å². The van der Waals surface area contributed by atoms with E-state index in [-0.39, 0.29) is 18.5 Å². The SMILES string of the molecule is CCCCCCCCCCC/C=C/CC/C=C/C(O)C(COC1OC(CO)C(O)C(O)C1O)NC(=O)CCCCCCCCCCCCCCCCCCCCCCOC(=O)CCCCCCCCCCCCC. The zero-order chi connectivity index (χ0) is 53.8. The van der Waals surface area contributed by atoms with Crippen LogP contribution in [0.3, 0.4) is 0 Å². The minimum atomic E-state index is -1.58. The van der Waals surface area contributed by atoms with Crippen LogP contribution >= 0.6 is 0 Å². The maximum Gasteiger partial charge on any atom is 0.305 e. The topological polar surface area (TPSA) is 175 Å². The molecule has 0 bridgehead atoms. The van der Waals surface area contributed by atoms with Gasteiger partial charge < -0.3 is 45.1 Å². The first-order chi connectivity index (χ1) is 36.2. The number of aliphatic hydroxyl groups excluding tert-OH is 5. The molecule has 1 saturated heterocycles. The number of rotatable bonds is 55. The molecule has 1 rings (SSSR count). The average Bonchev–Trinajstić information content (AvgIpc) is 3.40. The van der Waals surface area contributed by atoms with Gasteiger partial charge in [0.05, 0.1) is 32.0 Å². The third-order valence-corrected chi connectivity index (χ3v) is 15.1. The molecule has 1 amide bonds. The Balaban J connectivity index is 2.09. The lowest BCUT2D eigenvalue weighted by Gasteiger charge is -2.40. The fraction of sp³-hybridized carbons (Fsp3) is 0.905. The monoisotopic (exact) mass is 1050 g/mol. The summed E-state index contributed by atoms with van der Waals surface area (Å²) >= 11 is 0. The lowest BCUT2D eigenvalue weighted by atomic mass is 9.99. The van der Waals surface area contributed by atoms with E-state index >= 15 is 0 Å². The number of esters is 1. The predicted octanol–water partition coefficient (Wildman–Crippen LogP) is 14.9. The second-order valence-electron chi connectivity index (χ2n) is 22.1. The van der Waals surface area contributed by atoms with Crippen molar-refractivity contribution in [2.24, 2.45) is 0 Å². The van der Waals surface area contributed by atoms with Gasteiger partial charge in [-0.1, -0.05) is 269 Å². The first-order valence-corrected chi connectivity index (χ1v) is 31.6. The van der Waals surface area contributed by atoms with E-state index in [1.807, 2.05) is 6.08 Å². The number of carbonyl (C=O) groups excluding carboxylic acids is 2. The Bertz CT molecular complexity index is 1280. The molecule has 0 spiro atoms. The first-order valence-electron chi connectivity index (χ1n) is 31.6. The lowest BCUT2D eigenvalue weighted by molar-refractivity contribution is -0.302. The molecule has 0 saturated carbocycles. The molecule has 7 atom stereocenters. The number of hydrogen-bond acceptors (Lipinski definition) is 10. The summed E-state index contributed by atoms with van der Waals surface area (Å²) < 4.78 is 16.7. The van der Waals surface area contributed by atoms with E-state index in [2.05, 4.69) is 31.3 Å². The number of hydrogen-bond donors (Lipinski definition) is 6. The molecule has 7 unspecified atom stereocenters. The standard InChI is InChI=1S/C63H119NO10/c1-3-5-7-9-11-13-15-16-23-26-30-33-37-41-45-49-56(66)55(54-73-63-62(71)61(70)60(69)57(53-65)74-63)64-58(67)50-46-42-38-34-31-27-24-21-19-17-18-20-22-25-28-32-36-40-44-48-52-72-59(68)51-47-43-39-35-29-14-12-10-8-6-4-2/h30,33,45,49,55-57,60-63,65-66,69-71H,3-29,31-32,34-44,46-48,50-54H2,1-2H3,(H,64,67)/b33-30+,49-45+. The van der Waals surface area contributed by atoms with Crippen LogP contribution in [-0.4, -0.2) is 100 Å². The summed E-state index contributed by atoms with van der Waals surface area (Å²) in [4.78, 5) is 25.1. The summed E-state index contributed by atoms with van der Waals surface area (Å²) in [6, 6.07) is -0.829. The van der Waals surface area contributed by atoms with Crippen molar-refractivity contribution in [3.05, 3.63) is 24.3 Å². The van der Waals surface area contributed by atoms with E-state index < -0.39 is 49.5 Å². The predicted molar refractivity (Wildman–Crippen MR) is 306 cm³/mol. The number of ether oxygens (including phenoxy) is 3. The third-order valence-electron chi connectivity index (χ3n) is 15.1. The molecule has 11 nitrogen and oxygen atoms in total. The molecule has 11 heteroatoms. The maximum absolute atomic E-state index is 13.1. The van der Waals surface area contributed by atoms with E-state index in [1.54, 1.807) is 6.08 Å². The highest BCUT2D eigenvalue weighted by Gasteiger charge is 2.44. The molecule has 1 aliphatic rings. The zero-order valence-electron chi connectivity index (χ0n) is 48.1. The second kappa shape index (κ2) is 53.2. The Morgan fingerprint density at radius 1 is 0.486 bits per heavy atom. The Morgan fingerprint density at radius 2 is 0.878 bits per heavy atom. The Kier molecular flexibility index (Phi) is 50.4. The van der Waals surface area contributed by atoms with Gasteiger partial charge in [0.2, 0.25) is 5.91 Å². The Morgan fingerprint density at radius 3 is 1.34 bits per heavy atom. The van der Waals surface area contributed by atoms with Crippen LogP contribution in [0.1, 0.15) is 303 Å². The number of amides is 1. The van der Waals surface area contributed by atoms with Crippen molar-refractivity contribution >= 4 is 11.9 Å². The summed E-state index contributed by atoms with van der Waals surface area (Å²) in [6.45, 7) is 4.34. The van der Waals surface area contributed by atoms with Crippen LogP contribution in [0.4, 0.5) is 0 Å². The van der Waals surface area contributed by atoms with Crippen molar-refractivity contribution in [1.29, 1.82) is 0 Å². The van der Waals surface area contributed by atoms with Gasteiger partial charge in [-0.15, -0.1) is 0 Å². The van der Waals surface area contributed by atoms with Crippen molar-refractivity contribution in [2.75, 3.05) is 19.8 Å². The van der Waals surface area contributed by atoms with Gasteiger partial charge in [0, 0.05) is 12.8 Å². The quantitative estimate of drug-likeness (QED) is 0.0195. The van der Waals surface area contributed by atoms with Crippen LogP contribution in [0, 0.1) is 0 Å². The van der Waals surface area contributed by atoms with Gasteiger partial charge in [-0.25, -0.2) is 0 Å². The summed E-state index contributed by atoms with van der Waals surface area (Å²) in [6.07, 6.45) is 54.1. The second-order valence-corrected chi connectivity index (χ2v) is 22.1. The maximum atomic E-state index is 13.1. The molecule has 1 heterocycles. The zero-order valence-corrected chi connectivity index (χ0v) is 48.1. The highest BCUT2D eigenvalue weighted by molar-refractivity contribution is 5.76. The molecule has 1 fully saturated rings. The van der Waals surface area contributed by atoms with Crippen molar-refractivity contribution in [2.45, 2.75) is 346 Å². The van der Waals surface area contributed by atoms with Crippen LogP contribution in [0.25, 0.3) is 0 Å². The van der Waals surface area contributed by atoms with Crippen molar-refractivity contribution in [1.82, 2.24) is 5.32 Å². The molecule has 6 N–H and O–H groups in total. The Labute approximate surface area is 454 Å². The lowest BCUT2D eigenvalue weighted by Crippen LogP contribution is -2.60. The van der Waals surface area contributed by atoms with Crippen LogP contribution in [0.2, 0.25) is 0 Å². The fourth-order valence-electron chi connectivity index (χ4n) is 10.0. The molecular weight excluding hydrogens is 931 g/mol. The molecule has 0 radical (unpaired) electrons. The van der Waals surface area contributed by atoms with E-state index in [4.69, 9.17) is 14.2 Å². The van der Waals surface area contributed by atoms with Gasteiger partial charge in [0.15, 0.2) is 6.29 Å². The fourth-order valence-corrected chi connectivity index (χ4v) is 10.0. The normalized spacial score (nSPS) is 18.9. The van der Waals surface area contributed by atoms with Crippen LogP contribution in [-0.2, 0) is 23.8 Å². The van der Waals surface area contributed by atoms with E-state index in [0.717, 1.165) is 64.2 Å². The number of carbonyl (C=O) groups is 2. The summed E-state index contributed by atoms with van der Waals surface area (Å²) in [5, 5.41) is 54.5. The van der Waals surface area contributed by atoms with Crippen LogP contribution in [0.15, 0.2) is 24.3 Å². The summed E-state index contributed by atoms with van der Waals surface area (Å²) in [5.41, 5.74) is 0. The molecule has 0 aliphatic carbocycles. The molecule has 436 valence electrons. The first kappa shape index (κ1) is 70.2. The van der Waals surface area contributed by atoms with Gasteiger partial charge >= 0.3 is 5.97 Å². The summed E-state index contributed by atoms with van der Waals surface area (Å²) in [7, 11) is 0. The molecule has 0 aromatic heterocycles. The van der Waals surface area contributed by atoms with Gasteiger partial charge in [0.25, 0.3) is 0 Å². The number of allylic oxidation sites excluding steroid dienone is 3. The van der Waals surface area contributed by atoms with Gasteiger partial charge in [-0.05, 0) is 44.9 Å². The number of aliphatic hydroxyl groups is 5. The van der Waals surface area contributed by atoms with Crippen molar-refractivity contribution in [3.63, 3.8) is 0 Å². The van der Waals surface area contributed by atoms with Crippen molar-refractivity contribution in [3.8, 4) is 0 Å². The number of nitrogens with one attached hydrogen (secondary N) is 1. The molecule has 74 heavy (non-hydrogen) atoms. The minimum absolute atomic E-state index is 0.00378. The molecular formula is C63H119NO10. The Hall–Kier alpha value is -1.86. The highest BCUT2D eigenvalue weighted by atomic mass is 16.7. The third kappa shape index (κ3) is 42.2. The largest absolute Gasteiger partial charge is 0.466 e. The minimum Gasteiger partial charge on any atom is -0.466 e. The highest BCUT2D eigenvalue weighted by Crippen LogP contribution is 2.23. The van der Waals surface area contributed by atoms with Gasteiger partial charge in [-0.2, -0.15) is 0 Å². The smallest absolute Gasteiger partial charge is 0.305 e. The van der Waals surface area contributed by atoms with E-state index in [0.29, 0.717) is 19.4 Å². The molecule has 0 aromatic rings. The van der Waals surface area contributed by atoms with Crippen LogP contribution in [0.5, 0.6) is 0 Å². The van der Waals surface area contributed by atoms with Gasteiger partial charge in [0.1, 0.15) is 24.4 Å². The van der Waals surface area contributed by atoms with E-state index in [1.165, 1.54) is 212 Å². The molecule has 1 aliphatic heterocycles. The summed E-state index contributed by atoms with van der Waals surface area (Å²) in [5.74, 6) is -0.196. The number of unbranched alkanes of at least 4 members (excludes halogenated alkanes) is 39. The molecule has 0 aromatic carbocycles.